The van der Waals surface area contributed by atoms with Gasteiger partial charge in [0.1, 0.15) is 12.1 Å². The number of nitrogens with one attached hydrogen (secondary N) is 2. The van der Waals surface area contributed by atoms with Gasteiger partial charge in [0.25, 0.3) is 5.91 Å². The predicted octanol–water partition coefficient (Wildman–Crippen LogP) is 5.40. The Bertz CT molecular complexity index is 1430. The number of nitrogens with zero attached hydrogens (tertiary/aromatic N) is 1. The van der Waals surface area contributed by atoms with Gasteiger partial charge >= 0.3 is 6.03 Å². The van der Waals surface area contributed by atoms with E-state index in [2.05, 4.69) is 10.6 Å². The average molecular weight is 482 g/mol. The lowest BCUT2D eigenvalue weighted by Crippen LogP contribution is -2.42. The number of carbonyl (C=O) groups excluding carboxylic acids is 3. The molecule has 0 spiro atoms. The number of carbonyl (C=O) groups is 3. The first-order chi connectivity index (χ1) is 17.0. The Morgan fingerprint density at radius 3 is 2.40 bits per heavy atom. The number of amides is 4. The first kappa shape index (κ1) is 22.7. The van der Waals surface area contributed by atoms with Crippen molar-refractivity contribution in [3.63, 3.8) is 0 Å². The second-order valence-electron chi connectivity index (χ2n) is 8.43. The van der Waals surface area contributed by atoms with Crippen LogP contribution >= 0.6 is 11.8 Å². The van der Waals surface area contributed by atoms with Crippen molar-refractivity contribution in [1.82, 2.24) is 10.2 Å². The lowest BCUT2D eigenvalue weighted by molar-refractivity contribution is -0.133. The van der Waals surface area contributed by atoms with Crippen LogP contribution in [0, 0.1) is 0 Å². The molecule has 4 aromatic carbocycles. The van der Waals surface area contributed by atoms with Crippen LogP contribution in [0.25, 0.3) is 10.8 Å². The van der Waals surface area contributed by atoms with Gasteiger partial charge in [-0.1, -0.05) is 84.6 Å². The lowest BCUT2D eigenvalue weighted by Gasteiger charge is -2.24. The molecule has 5 rings (SSSR count). The monoisotopic (exact) mass is 481 g/mol. The Balaban J connectivity index is 1.35. The first-order valence-electron chi connectivity index (χ1n) is 11.2. The summed E-state index contributed by atoms with van der Waals surface area (Å²) in [6, 6.07) is 30.0. The molecule has 4 aromatic rings. The zero-order valence-electron chi connectivity index (χ0n) is 19.0. The third-order valence-electron chi connectivity index (χ3n) is 6.04. The second-order valence-corrected chi connectivity index (χ2v) is 9.55. The highest BCUT2D eigenvalue weighted by molar-refractivity contribution is 7.99. The number of rotatable bonds is 6. The normalized spacial score (nSPS) is 17.5. The standard InChI is InChI=1S/C28H23N3O3S/c1-28(22-15-9-11-19-10-5-6-14-21(19)22)26(33)31(27(34)30-28)18-25(32)29-23-16-7-8-17-24(23)35-20-12-3-2-4-13-20/h2-17H,18H2,1H3,(H,29,32)(H,30,34)/t28-/m1/s1. The summed E-state index contributed by atoms with van der Waals surface area (Å²) in [6.45, 7) is 1.30. The van der Waals surface area contributed by atoms with Crippen molar-refractivity contribution >= 4 is 46.1 Å². The smallest absolute Gasteiger partial charge is 0.323 e. The summed E-state index contributed by atoms with van der Waals surface area (Å²) in [6.07, 6.45) is 0. The van der Waals surface area contributed by atoms with Crippen molar-refractivity contribution < 1.29 is 14.4 Å². The van der Waals surface area contributed by atoms with Gasteiger partial charge in [-0.05, 0) is 47.5 Å². The Hall–Kier alpha value is -4.10. The highest BCUT2D eigenvalue weighted by atomic mass is 32.2. The molecule has 1 fully saturated rings. The van der Waals surface area contributed by atoms with Crippen LogP contribution < -0.4 is 10.6 Å². The highest BCUT2D eigenvalue weighted by Gasteiger charge is 2.50. The van der Waals surface area contributed by atoms with Gasteiger partial charge in [-0.15, -0.1) is 0 Å². The zero-order valence-corrected chi connectivity index (χ0v) is 19.8. The van der Waals surface area contributed by atoms with E-state index >= 15 is 0 Å². The topological polar surface area (TPSA) is 78.5 Å². The zero-order chi connectivity index (χ0) is 24.4. The van der Waals surface area contributed by atoms with E-state index in [0.717, 1.165) is 25.5 Å². The lowest BCUT2D eigenvalue weighted by atomic mass is 9.88. The minimum Gasteiger partial charge on any atom is -0.323 e. The number of para-hydroxylation sites is 1. The Kier molecular flexibility index (Phi) is 6.01. The van der Waals surface area contributed by atoms with Crippen molar-refractivity contribution in [3.8, 4) is 0 Å². The number of anilines is 1. The number of imide groups is 1. The summed E-state index contributed by atoms with van der Waals surface area (Å²) in [5, 5.41) is 7.52. The molecule has 1 aliphatic heterocycles. The van der Waals surface area contributed by atoms with Gasteiger partial charge in [-0.3, -0.25) is 14.5 Å². The molecule has 6 nitrogen and oxygen atoms in total. The number of hydrogen-bond donors (Lipinski definition) is 2. The summed E-state index contributed by atoms with van der Waals surface area (Å²) in [5.41, 5.74) is 0.0518. The fraction of sp³-hybridized carbons (Fsp3) is 0.107. The molecule has 4 amide bonds. The van der Waals surface area contributed by atoms with Crippen molar-refractivity contribution in [3.05, 3.63) is 103 Å². The molecule has 7 heteroatoms. The molecule has 0 bridgehead atoms. The largest absolute Gasteiger partial charge is 0.325 e. The molecule has 35 heavy (non-hydrogen) atoms. The third-order valence-corrected chi connectivity index (χ3v) is 7.12. The van der Waals surface area contributed by atoms with Crippen LogP contribution in [-0.4, -0.2) is 29.3 Å². The molecule has 0 aromatic heterocycles. The van der Waals surface area contributed by atoms with Crippen molar-refractivity contribution in [2.45, 2.75) is 22.3 Å². The van der Waals surface area contributed by atoms with E-state index in [0.29, 0.717) is 11.3 Å². The van der Waals surface area contributed by atoms with Gasteiger partial charge in [0.05, 0.1) is 5.69 Å². The Morgan fingerprint density at radius 1 is 0.886 bits per heavy atom. The molecule has 1 aliphatic rings. The maximum absolute atomic E-state index is 13.4. The fourth-order valence-corrected chi connectivity index (χ4v) is 5.22. The van der Waals surface area contributed by atoms with Crippen LogP contribution in [0.2, 0.25) is 0 Å². The predicted molar refractivity (Wildman–Crippen MR) is 137 cm³/mol. The van der Waals surface area contributed by atoms with Gasteiger partial charge in [0, 0.05) is 9.79 Å². The van der Waals surface area contributed by atoms with Crippen molar-refractivity contribution in [2.24, 2.45) is 0 Å². The number of benzene rings is 4. The molecule has 1 heterocycles. The van der Waals surface area contributed by atoms with Crippen LogP contribution in [-0.2, 0) is 15.1 Å². The minimum atomic E-state index is -1.26. The number of urea groups is 1. The molecule has 0 saturated carbocycles. The van der Waals surface area contributed by atoms with Crippen molar-refractivity contribution in [2.75, 3.05) is 11.9 Å². The van der Waals surface area contributed by atoms with Gasteiger partial charge in [0.2, 0.25) is 5.91 Å². The molecule has 1 saturated heterocycles. The Morgan fingerprint density at radius 2 is 1.57 bits per heavy atom. The maximum Gasteiger partial charge on any atom is 0.325 e. The van der Waals surface area contributed by atoms with Gasteiger partial charge in [0.15, 0.2) is 0 Å². The SMILES string of the molecule is C[C@]1(c2cccc3ccccc23)NC(=O)N(CC(=O)Nc2ccccc2Sc2ccccc2)C1=O. The second kappa shape index (κ2) is 9.27. The van der Waals surface area contributed by atoms with Crippen LogP contribution in [0.5, 0.6) is 0 Å². The van der Waals surface area contributed by atoms with Crippen LogP contribution in [0.4, 0.5) is 10.5 Å². The van der Waals surface area contributed by atoms with Crippen LogP contribution in [0.15, 0.2) is 107 Å². The Labute approximate surface area is 207 Å². The van der Waals surface area contributed by atoms with E-state index in [1.54, 1.807) is 13.0 Å². The molecule has 0 unspecified atom stereocenters. The maximum atomic E-state index is 13.4. The van der Waals surface area contributed by atoms with E-state index < -0.39 is 23.4 Å². The van der Waals surface area contributed by atoms with E-state index in [1.807, 2.05) is 91.0 Å². The van der Waals surface area contributed by atoms with Crippen LogP contribution in [0.3, 0.4) is 0 Å². The summed E-state index contributed by atoms with van der Waals surface area (Å²) in [5.74, 6) is -0.905. The minimum absolute atomic E-state index is 0.380. The summed E-state index contributed by atoms with van der Waals surface area (Å²) < 4.78 is 0. The molecule has 2 N–H and O–H groups in total. The highest BCUT2D eigenvalue weighted by Crippen LogP contribution is 2.35. The number of hydrogen-bond acceptors (Lipinski definition) is 4. The van der Waals surface area contributed by atoms with Gasteiger partial charge in [-0.2, -0.15) is 0 Å². The summed E-state index contributed by atoms with van der Waals surface area (Å²) in [4.78, 5) is 42.1. The average Bonchev–Trinajstić information content (AvgIpc) is 3.09. The van der Waals surface area contributed by atoms with Gasteiger partial charge < -0.3 is 10.6 Å². The summed E-state index contributed by atoms with van der Waals surface area (Å²) >= 11 is 1.52. The molecule has 0 radical (unpaired) electrons. The summed E-state index contributed by atoms with van der Waals surface area (Å²) in [7, 11) is 0. The van der Waals surface area contributed by atoms with Gasteiger partial charge in [-0.25, -0.2) is 4.79 Å². The van der Waals surface area contributed by atoms with E-state index in [1.165, 1.54) is 11.8 Å². The molecule has 174 valence electrons. The molecular weight excluding hydrogens is 458 g/mol. The fourth-order valence-electron chi connectivity index (χ4n) is 4.29. The van der Waals surface area contributed by atoms with Crippen molar-refractivity contribution in [1.29, 1.82) is 0 Å². The molecule has 1 atom stereocenters. The third kappa shape index (κ3) is 4.38. The van der Waals surface area contributed by atoms with E-state index in [-0.39, 0.29) is 6.54 Å². The van der Waals surface area contributed by atoms with E-state index in [4.69, 9.17) is 0 Å². The number of fused-ring (bicyclic) bond motifs is 1. The molecule has 0 aliphatic carbocycles. The molecular formula is C28H23N3O3S. The first-order valence-corrected chi connectivity index (χ1v) is 12.0. The van der Waals surface area contributed by atoms with E-state index in [9.17, 15) is 14.4 Å². The van der Waals surface area contributed by atoms with Crippen LogP contribution in [0.1, 0.15) is 12.5 Å². The quantitative estimate of drug-likeness (QED) is 0.362.